The standard InChI is InChI=1S/C21H19ClFNO/c22-18-6-1-4-16(12-18)10-11-24-15-17-5-2-8-20(13-17)25-21-9-3-7-19(23)14-21/h1-9,12-14,24H,10-11,15H2. The molecule has 128 valence electrons. The van der Waals surface area contributed by atoms with Gasteiger partial charge in [-0.1, -0.05) is 41.9 Å². The molecule has 0 saturated carbocycles. The molecule has 4 heteroatoms. The van der Waals surface area contributed by atoms with Crippen molar-refractivity contribution in [3.05, 3.63) is 94.8 Å². The van der Waals surface area contributed by atoms with Crippen molar-refractivity contribution in [3.8, 4) is 11.5 Å². The van der Waals surface area contributed by atoms with Crippen LogP contribution in [0.2, 0.25) is 5.02 Å². The van der Waals surface area contributed by atoms with E-state index in [-0.39, 0.29) is 5.82 Å². The van der Waals surface area contributed by atoms with Crippen LogP contribution in [0, 0.1) is 5.82 Å². The first kappa shape index (κ1) is 17.5. The molecule has 0 aliphatic rings. The van der Waals surface area contributed by atoms with Gasteiger partial charge in [0, 0.05) is 17.6 Å². The lowest BCUT2D eigenvalue weighted by atomic mass is 10.1. The molecular weight excluding hydrogens is 337 g/mol. The lowest BCUT2D eigenvalue weighted by Gasteiger charge is -2.09. The number of hydrogen-bond donors (Lipinski definition) is 1. The molecule has 0 aliphatic carbocycles. The average Bonchev–Trinajstić information content (AvgIpc) is 2.59. The third-order valence-electron chi connectivity index (χ3n) is 3.74. The van der Waals surface area contributed by atoms with Crippen LogP contribution in [0.25, 0.3) is 0 Å². The van der Waals surface area contributed by atoms with Crippen LogP contribution in [0.1, 0.15) is 11.1 Å². The molecule has 3 aromatic rings. The van der Waals surface area contributed by atoms with Crippen LogP contribution < -0.4 is 10.1 Å². The van der Waals surface area contributed by atoms with E-state index < -0.39 is 0 Å². The average molecular weight is 356 g/mol. The van der Waals surface area contributed by atoms with Gasteiger partial charge in [-0.05, 0) is 60.5 Å². The van der Waals surface area contributed by atoms with Crippen molar-refractivity contribution in [2.75, 3.05) is 6.54 Å². The smallest absolute Gasteiger partial charge is 0.130 e. The second kappa shape index (κ2) is 8.65. The van der Waals surface area contributed by atoms with Crippen molar-refractivity contribution in [2.24, 2.45) is 0 Å². The molecule has 0 atom stereocenters. The van der Waals surface area contributed by atoms with Gasteiger partial charge < -0.3 is 10.1 Å². The Balaban J connectivity index is 1.51. The van der Waals surface area contributed by atoms with Crippen LogP contribution in [-0.2, 0) is 13.0 Å². The summed E-state index contributed by atoms with van der Waals surface area (Å²) in [6.45, 7) is 1.59. The SMILES string of the molecule is Fc1cccc(Oc2cccc(CNCCc3cccc(Cl)c3)c2)c1. The van der Waals surface area contributed by atoms with Crippen LogP contribution in [0.4, 0.5) is 4.39 Å². The number of halogens is 2. The third-order valence-corrected chi connectivity index (χ3v) is 3.97. The van der Waals surface area contributed by atoms with Crippen molar-refractivity contribution in [2.45, 2.75) is 13.0 Å². The molecule has 0 bridgehead atoms. The number of ether oxygens (including phenoxy) is 1. The maximum absolute atomic E-state index is 13.2. The van der Waals surface area contributed by atoms with Gasteiger partial charge in [-0.2, -0.15) is 0 Å². The molecule has 0 aromatic heterocycles. The zero-order valence-electron chi connectivity index (χ0n) is 13.7. The minimum atomic E-state index is -0.309. The van der Waals surface area contributed by atoms with Gasteiger partial charge in [0.1, 0.15) is 17.3 Å². The van der Waals surface area contributed by atoms with Crippen molar-refractivity contribution < 1.29 is 9.13 Å². The highest BCUT2D eigenvalue weighted by molar-refractivity contribution is 6.30. The summed E-state index contributed by atoms with van der Waals surface area (Å²) in [6, 6.07) is 21.8. The van der Waals surface area contributed by atoms with Crippen molar-refractivity contribution in [1.29, 1.82) is 0 Å². The summed E-state index contributed by atoms with van der Waals surface area (Å²) in [7, 11) is 0. The van der Waals surface area contributed by atoms with Gasteiger partial charge in [-0.15, -0.1) is 0 Å². The highest BCUT2D eigenvalue weighted by atomic mass is 35.5. The molecule has 1 N–H and O–H groups in total. The molecule has 0 fully saturated rings. The summed E-state index contributed by atoms with van der Waals surface area (Å²) in [4.78, 5) is 0. The second-order valence-corrected chi connectivity index (χ2v) is 6.20. The maximum Gasteiger partial charge on any atom is 0.130 e. The second-order valence-electron chi connectivity index (χ2n) is 5.76. The molecule has 0 amide bonds. The van der Waals surface area contributed by atoms with Crippen LogP contribution in [-0.4, -0.2) is 6.54 Å². The first-order chi connectivity index (χ1) is 12.2. The number of hydrogen-bond acceptors (Lipinski definition) is 2. The zero-order valence-corrected chi connectivity index (χ0v) is 14.5. The molecule has 3 aromatic carbocycles. The van der Waals surface area contributed by atoms with Crippen molar-refractivity contribution in [1.82, 2.24) is 5.32 Å². The molecule has 3 rings (SSSR count). The Hall–Kier alpha value is -2.36. The van der Waals surface area contributed by atoms with Crippen LogP contribution in [0.5, 0.6) is 11.5 Å². The number of rotatable bonds is 7. The van der Waals surface area contributed by atoms with Gasteiger partial charge in [-0.3, -0.25) is 0 Å². The fourth-order valence-electron chi connectivity index (χ4n) is 2.54. The van der Waals surface area contributed by atoms with Gasteiger partial charge in [-0.25, -0.2) is 4.39 Å². The minimum Gasteiger partial charge on any atom is -0.457 e. The Morgan fingerprint density at radius 1 is 0.840 bits per heavy atom. The van der Waals surface area contributed by atoms with Crippen LogP contribution in [0.15, 0.2) is 72.8 Å². The first-order valence-corrected chi connectivity index (χ1v) is 8.54. The quantitative estimate of drug-likeness (QED) is 0.557. The molecule has 25 heavy (non-hydrogen) atoms. The lowest BCUT2D eigenvalue weighted by Crippen LogP contribution is -2.16. The van der Waals surface area contributed by atoms with E-state index in [2.05, 4.69) is 11.4 Å². The number of nitrogens with one attached hydrogen (secondary N) is 1. The fourth-order valence-corrected chi connectivity index (χ4v) is 2.76. The first-order valence-electron chi connectivity index (χ1n) is 8.16. The predicted octanol–water partition coefficient (Wildman–Crippen LogP) is 5.60. The minimum absolute atomic E-state index is 0.309. The van der Waals surface area contributed by atoms with Gasteiger partial charge in [0.15, 0.2) is 0 Å². The van der Waals surface area contributed by atoms with E-state index in [0.29, 0.717) is 11.5 Å². The summed E-state index contributed by atoms with van der Waals surface area (Å²) < 4.78 is 18.9. The van der Waals surface area contributed by atoms with E-state index in [1.807, 2.05) is 42.5 Å². The Morgan fingerprint density at radius 3 is 2.36 bits per heavy atom. The molecule has 0 unspecified atom stereocenters. The van der Waals surface area contributed by atoms with Gasteiger partial charge in [0.25, 0.3) is 0 Å². The normalized spacial score (nSPS) is 10.6. The molecule has 0 spiro atoms. The van der Waals surface area contributed by atoms with Crippen LogP contribution in [0.3, 0.4) is 0 Å². The van der Waals surface area contributed by atoms with E-state index in [1.165, 1.54) is 17.7 Å². The van der Waals surface area contributed by atoms with E-state index in [0.717, 1.165) is 30.1 Å². The van der Waals surface area contributed by atoms with Crippen molar-refractivity contribution in [3.63, 3.8) is 0 Å². The summed E-state index contributed by atoms with van der Waals surface area (Å²) >= 11 is 5.99. The van der Waals surface area contributed by atoms with E-state index in [9.17, 15) is 4.39 Å². The zero-order chi connectivity index (χ0) is 17.5. The Labute approximate surface area is 152 Å². The summed E-state index contributed by atoms with van der Waals surface area (Å²) in [5.41, 5.74) is 2.32. The Bertz CT molecular complexity index is 837. The van der Waals surface area contributed by atoms with Crippen LogP contribution >= 0.6 is 11.6 Å². The highest BCUT2D eigenvalue weighted by Crippen LogP contribution is 2.22. The van der Waals surface area contributed by atoms with Gasteiger partial charge in [0.05, 0.1) is 0 Å². The summed E-state index contributed by atoms with van der Waals surface area (Å²) in [5, 5.41) is 4.17. The summed E-state index contributed by atoms with van der Waals surface area (Å²) in [6.07, 6.45) is 0.917. The molecule has 0 aliphatic heterocycles. The van der Waals surface area contributed by atoms with Gasteiger partial charge in [0.2, 0.25) is 0 Å². The maximum atomic E-state index is 13.2. The number of benzene rings is 3. The van der Waals surface area contributed by atoms with E-state index >= 15 is 0 Å². The Morgan fingerprint density at radius 2 is 1.56 bits per heavy atom. The summed E-state index contributed by atoms with van der Waals surface area (Å²) in [5.74, 6) is 0.877. The monoisotopic (exact) mass is 355 g/mol. The largest absolute Gasteiger partial charge is 0.457 e. The molecular formula is C21H19ClFNO. The molecule has 2 nitrogen and oxygen atoms in total. The van der Waals surface area contributed by atoms with Gasteiger partial charge >= 0.3 is 0 Å². The molecule has 0 saturated heterocycles. The fraction of sp³-hybridized carbons (Fsp3) is 0.143. The lowest BCUT2D eigenvalue weighted by molar-refractivity contribution is 0.475. The third kappa shape index (κ3) is 5.59. The predicted molar refractivity (Wildman–Crippen MR) is 99.8 cm³/mol. The van der Waals surface area contributed by atoms with E-state index in [4.69, 9.17) is 16.3 Å². The topological polar surface area (TPSA) is 21.3 Å². The van der Waals surface area contributed by atoms with Crippen molar-refractivity contribution >= 4 is 11.6 Å². The van der Waals surface area contributed by atoms with E-state index in [1.54, 1.807) is 12.1 Å². The molecule has 0 radical (unpaired) electrons. The Kier molecular flexibility index (Phi) is 6.04. The highest BCUT2D eigenvalue weighted by Gasteiger charge is 2.01. The molecule has 0 heterocycles.